The van der Waals surface area contributed by atoms with Crippen LogP contribution in [0, 0.1) is 0 Å². The molecule has 1 atom stereocenters. The van der Waals surface area contributed by atoms with Crippen LogP contribution in [0.15, 0.2) is 24.3 Å². The van der Waals surface area contributed by atoms with Gasteiger partial charge in [-0.3, -0.25) is 4.90 Å². The lowest BCUT2D eigenvalue weighted by atomic mass is 10.2. The van der Waals surface area contributed by atoms with Gasteiger partial charge in [0.2, 0.25) is 0 Å². The smallest absolute Gasteiger partial charge is 0.123 e. The third kappa shape index (κ3) is 5.19. The molecule has 0 bridgehead atoms. The van der Waals surface area contributed by atoms with Gasteiger partial charge in [-0.15, -0.1) is 0 Å². The van der Waals surface area contributed by atoms with Crippen molar-refractivity contribution in [2.24, 2.45) is 0 Å². The average Bonchev–Trinajstić information content (AvgIpc) is 2.54. The van der Waals surface area contributed by atoms with Crippen molar-refractivity contribution in [1.29, 1.82) is 0 Å². The minimum atomic E-state index is -0.468. The van der Waals surface area contributed by atoms with Crippen molar-refractivity contribution < 1.29 is 14.6 Å². The summed E-state index contributed by atoms with van der Waals surface area (Å²) in [4.78, 5) is 4.72. The minimum Gasteiger partial charge on any atom is -0.497 e. The number of aliphatic hydroxyl groups excluding tert-OH is 1. The van der Waals surface area contributed by atoms with Crippen LogP contribution < -0.4 is 9.47 Å². The van der Waals surface area contributed by atoms with Gasteiger partial charge in [0.15, 0.2) is 0 Å². The molecule has 1 saturated heterocycles. The number of rotatable bonds is 7. The largest absolute Gasteiger partial charge is 0.497 e. The molecule has 1 aliphatic heterocycles. The Bertz CT molecular complexity index is 420. The Balaban J connectivity index is 1.71. The Labute approximate surface area is 127 Å². The fourth-order valence-corrected chi connectivity index (χ4v) is 2.52. The van der Waals surface area contributed by atoms with Gasteiger partial charge < -0.3 is 19.5 Å². The van der Waals surface area contributed by atoms with Crippen LogP contribution >= 0.6 is 0 Å². The molecule has 1 aromatic carbocycles. The molecule has 21 heavy (non-hydrogen) atoms. The molecule has 1 heterocycles. The third-order valence-electron chi connectivity index (χ3n) is 3.86. The number of likely N-dealkylation sites (N-methyl/N-ethyl adjacent to an activating group) is 1. The summed E-state index contributed by atoms with van der Waals surface area (Å²) in [7, 11) is 1.63. The standard InChI is InChI=1S/C16H26N2O3/c1-3-17-7-9-18(10-8-17)12-14(19)13-21-16-6-4-5-15(11-16)20-2/h4-6,11,14,19H,3,7-10,12-13H2,1-2H3/t14-/m1/s1. The van der Waals surface area contributed by atoms with Gasteiger partial charge in [0, 0.05) is 38.8 Å². The Morgan fingerprint density at radius 3 is 2.48 bits per heavy atom. The molecule has 0 spiro atoms. The summed E-state index contributed by atoms with van der Waals surface area (Å²) in [5.41, 5.74) is 0. The molecule has 0 amide bonds. The molecule has 2 rings (SSSR count). The second kappa shape index (κ2) is 8.22. The molecule has 1 N–H and O–H groups in total. The van der Waals surface area contributed by atoms with E-state index in [-0.39, 0.29) is 0 Å². The van der Waals surface area contributed by atoms with Gasteiger partial charge in [0.25, 0.3) is 0 Å². The predicted octanol–water partition coefficient (Wildman–Crippen LogP) is 1.07. The van der Waals surface area contributed by atoms with Crippen LogP contribution in [-0.4, -0.2) is 74.0 Å². The molecule has 1 aromatic rings. The lowest BCUT2D eigenvalue weighted by Crippen LogP contribution is -2.49. The molecule has 118 valence electrons. The third-order valence-corrected chi connectivity index (χ3v) is 3.86. The Kier molecular flexibility index (Phi) is 6.29. The van der Waals surface area contributed by atoms with Crippen LogP contribution in [0.3, 0.4) is 0 Å². The number of piperazine rings is 1. The van der Waals surface area contributed by atoms with Crippen molar-refractivity contribution >= 4 is 0 Å². The highest BCUT2D eigenvalue weighted by atomic mass is 16.5. The summed E-state index contributed by atoms with van der Waals surface area (Å²) in [5.74, 6) is 1.49. The molecule has 0 saturated carbocycles. The van der Waals surface area contributed by atoms with Gasteiger partial charge in [-0.25, -0.2) is 0 Å². The van der Waals surface area contributed by atoms with Gasteiger partial charge >= 0.3 is 0 Å². The maximum Gasteiger partial charge on any atom is 0.123 e. The topological polar surface area (TPSA) is 45.2 Å². The van der Waals surface area contributed by atoms with Crippen LogP contribution in [0.4, 0.5) is 0 Å². The van der Waals surface area contributed by atoms with Gasteiger partial charge in [0.1, 0.15) is 24.2 Å². The molecule has 1 fully saturated rings. The number of nitrogens with zero attached hydrogens (tertiary/aromatic N) is 2. The zero-order valence-corrected chi connectivity index (χ0v) is 13.0. The zero-order valence-electron chi connectivity index (χ0n) is 13.0. The van der Waals surface area contributed by atoms with Crippen molar-refractivity contribution in [3.63, 3.8) is 0 Å². The van der Waals surface area contributed by atoms with Gasteiger partial charge in [0.05, 0.1) is 7.11 Å². The lowest BCUT2D eigenvalue weighted by Gasteiger charge is -2.34. The SMILES string of the molecule is CCN1CCN(C[C@@H](O)COc2cccc(OC)c2)CC1. The highest BCUT2D eigenvalue weighted by Crippen LogP contribution is 2.19. The van der Waals surface area contributed by atoms with E-state index in [9.17, 15) is 5.11 Å². The monoisotopic (exact) mass is 294 g/mol. The average molecular weight is 294 g/mol. The highest BCUT2D eigenvalue weighted by molar-refractivity contribution is 5.32. The maximum atomic E-state index is 10.1. The molecule has 0 radical (unpaired) electrons. The van der Waals surface area contributed by atoms with Crippen molar-refractivity contribution in [3.8, 4) is 11.5 Å². The Morgan fingerprint density at radius 1 is 1.14 bits per heavy atom. The lowest BCUT2D eigenvalue weighted by molar-refractivity contribution is 0.0470. The quantitative estimate of drug-likeness (QED) is 0.815. The molecular formula is C16H26N2O3. The normalized spacial score (nSPS) is 18.4. The maximum absolute atomic E-state index is 10.1. The zero-order chi connectivity index (χ0) is 15.1. The van der Waals surface area contributed by atoms with Crippen molar-refractivity contribution in [3.05, 3.63) is 24.3 Å². The number of aliphatic hydroxyl groups is 1. The fourth-order valence-electron chi connectivity index (χ4n) is 2.52. The second-order valence-electron chi connectivity index (χ2n) is 5.38. The van der Waals surface area contributed by atoms with Crippen molar-refractivity contribution in [1.82, 2.24) is 9.80 Å². The van der Waals surface area contributed by atoms with E-state index < -0.39 is 6.10 Å². The van der Waals surface area contributed by atoms with Crippen LogP contribution in [0.1, 0.15) is 6.92 Å². The number of hydrogen-bond acceptors (Lipinski definition) is 5. The van der Waals surface area contributed by atoms with Crippen molar-refractivity contribution in [2.45, 2.75) is 13.0 Å². The van der Waals surface area contributed by atoms with E-state index in [1.54, 1.807) is 7.11 Å². The van der Waals surface area contributed by atoms with E-state index in [4.69, 9.17) is 9.47 Å². The van der Waals surface area contributed by atoms with Crippen LogP contribution in [0.2, 0.25) is 0 Å². The van der Waals surface area contributed by atoms with E-state index >= 15 is 0 Å². The van der Waals surface area contributed by atoms with Crippen LogP contribution in [0.25, 0.3) is 0 Å². The summed E-state index contributed by atoms with van der Waals surface area (Å²) >= 11 is 0. The van der Waals surface area contributed by atoms with Crippen LogP contribution in [0.5, 0.6) is 11.5 Å². The second-order valence-corrected chi connectivity index (χ2v) is 5.38. The van der Waals surface area contributed by atoms with E-state index in [1.807, 2.05) is 24.3 Å². The Hall–Kier alpha value is -1.30. The number of methoxy groups -OCH3 is 1. The first-order chi connectivity index (χ1) is 10.2. The number of benzene rings is 1. The first-order valence-corrected chi connectivity index (χ1v) is 7.61. The highest BCUT2D eigenvalue weighted by Gasteiger charge is 2.18. The fraction of sp³-hybridized carbons (Fsp3) is 0.625. The molecule has 1 aliphatic rings. The number of ether oxygens (including phenoxy) is 2. The first kappa shape index (κ1) is 16.1. The predicted molar refractivity (Wildman–Crippen MR) is 83.0 cm³/mol. The first-order valence-electron chi connectivity index (χ1n) is 7.61. The van der Waals surface area contributed by atoms with E-state index in [2.05, 4.69) is 16.7 Å². The van der Waals surface area contributed by atoms with Crippen molar-refractivity contribution in [2.75, 3.05) is 53.0 Å². The van der Waals surface area contributed by atoms with Crippen LogP contribution in [-0.2, 0) is 0 Å². The summed E-state index contributed by atoms with van der Waals surface area (Å²) in [6, 6.07) is 7.45. The minimum absolute atomic E-state index is 0.307. The van der Waals surface area contributed by atoms with E-state index in [0.717, 1.165) is 44.2 Å². The summed E-state index contributed by atoms with van der Waals surface area (Å²) in [5, 5.41) is 10.1. The molecule has 0 unspecified atom stereocenters. The summed E-state index contributed by atoms with van der Waals surface area (Å²) < 4.78 is 10.8. The molecule has 5 heteroatoms. The molecular weight excluding hydrogens is 268 g/mol. The van der Waals surface area contributed by atoms with Gasteiger partial charge in [-0.1, -0.05) is 13.0 Å². The summed E-state index contributed by atoms with van der Waals surface area (Å²) in [6.07, 6.45) is -0.468. The summed E-state index contributed by atoms with van der Waals surface area (Å²) in [6.45, 7) is 8.47. The molecule has 0 aromatic heterocycles. The molecule has 0 aliphatic carbocycles. The van der Waals surface area contributed by atoms with Gasteiger partial charge in [-0.05, 0) is 18.7 Å². The van der Waals surface area contributed by atoms with E-state index in [0.29, 0.717) is 13.2 Å². The Morgan fingerprint density at radius 2 is 1.81 bits per heavy atom. The van der Waals surface area contributed by atoms with Gasteiger partial charge in [-0.2, -0.15) is 0 Å². The molecule has 5 nitrogen and oxygen atoms in total. The number of hydrogen-bond donors (Lipinski definition) is 1. The van der Waals surface area contributed by atoms with E-state index in [1.165, 1.54) is 0 Å². The number of β-amino-alcohol motifs (C(OH)–C–C–N with tert-alkyl or cyclic N) is 1.